The van der Waals surface area contributed by atoms with E-state index in [1.54, 1.807) is 0 Å². The molecule has 0 aromatic carbocycles. The van der Waals surface area contributed by atoms with Gasteiger partial charge in [0.1, 0.15) is 0 Å². The summed E-state index contributed by atoms with van der Waals surface area (Å²) in [6, 6.07) is 0. The Labute approximate surface area is 95.8 Å². The largest absolute Gasteiger partial charge is 0.381 e. The Morgan fingerprint density at radius 2 is 1.47 bits per heavy atom. The van der Waals surface area contributed by atoms with E-state index in [0.29, 0.717) is 0 Å². The van der Waals surface area contributed by atoms with Crippen LogP contribution < -0.4 is 5.32 Å². The first kappa shape index (κ1) is 14.9. The van der Waals surface area contributed by atoms with Gasteiger partial charge < -0.3 is 10.1 Å². The number of nitrogens with one attached hydrogen (secondary N) is 1. The molecule has 0 unspecified atom stereocenters. The maximum Gasteiger partial charge on any atom is 0.0466 e. The second kappa shape index (κ2) is 13.9. The molecule has 2 heteroatoms. The molecule has 0 aromatic heterocycles. The third-order valence-corrected chi connectivity index (χ3v) is 2.53. The number of unbranched alkanes of at least 4 members (excludes halogenated alkanes) is 5. The van der Waals surface area contributed by atoms with Crippen LogP contribution in [0.4, 0.5) is 0 Å². The van der Waals surface area contributed by atoms with Gasteiger partial charge in [-0.3, -0.25) is 0 Å². The van der Waals surface area contributed by atoms with Gasteiger partial charge in [0.15, 0.2) is 0 Å². The van der Waals surface area contributed by atoms with Gasteiger partial charge in [-0.25, -0.2) is 0 Å². The molecule has 0 atom stereocenters. The lowest BCUT2D eigenvalue weighted by Crippen LogP contribution is -2.13. The molecule has 0 aromatic rings. The van der Waals surface area contributed by atoms with Crippen LogP contribution in [0.1, 0.15) is 58.8 Å². The molecule has 0 aliphatic rings. The quantitative estimate of drug-likeness (QED) is 0.504. The van der Waals surface area contributed by atoms with Gasteiger partial charge in [0.25, 0.3) is 0 Å². The number of hydrogen-bond acceptors (Lipinski definition) is 2. The lowest BCUT2D eigenvalue weighted by atomic mass is 10.2. The minimum atomic E-state index is 0.957. The standard InChI is InChI=1S/C13H29NO/c1-3-5-6-9-12-15-13-10-7-8-11-14-4-2/h14H,3-13H2,1-2H3. The van der Waals surface area contributed by atoms with Gasteiger partial charge in [-0.1, -0.05) is 33.1 Å². The highest BCUT2D eigenvalue weighted by molar-refractivity contribution is 4.46. The summed E-state index contributed by atoms with van der Waals surface area (Å²) in [5, 5.41) is 3.33. The maximum absolute atomic E-state index is 5.57. The van der Waals surface area contributed by atoms with E-state index in [1.165, 1.54) is 44.9 Å². The van der Waals surface area contributed by atoms with Crippen LogP contribution in [0, 0.1) is 0 Å². The van der Waals surface area contributed by atoms with Crippen molar-refractivity contribution in [2.75, 3.05) is 26.3 Å². The number of rotatable bonds is 12. The first-order valence-electron chi connectivity index (χ1n) is 6.70. The Kier molecular flexibility index (Phi) is 13.8. The predicted octanol–water partition coefficient (Wildman–Crippen LogP) is 3.36. The second-order valence-corrected chi connectivity index (χ2v) is 4.09. The van der Waals surface area contributed by atoms with Gasteiger partial charge >= 0.3 is 0 Å². The SMILES string of the molecule is CCCCCCOCCCCCNCC. The van der Waals surface area contributed by atoms with Crippen LogP contribution in [-0.4, -0.2) is 26.3 Å². The molecular formula is C13H29NO. The Balaban J connectivity index is 2.81. The van der Waals surface area contributed by atoms with E-state index in [4.69, 9.17) is 4.74 Å². The van der Waals surface area contributed by atoms with Gasteiger partial charge in [-0.05, 0) is 38.8 Å². The van der Waals surface area contributed by atoms with Crippen molar-refractivity contribution < 1.29 is 4.74 Å². The third-order valence-electron chi connectivity index (χ3n) is 2.53. The Morgan fingerprint density at radius 1 is 0.800 bits per heavy atom. The summed E-state index contributed by atoms with van der Waals surface area (Å²) in [6.07, 6.45) is 9.03. The van der Waals surface area contributed by atoms with Crippen molar-refractivity contribution >= 4 is 0 Å². The lowest BCUT2D eigenvalue weighted by Gasteiger charge is -2.04. The number of ether oxygens (including phenoxy) is 1. The topological polar surface area (TPSA) is 21.3 Å². The van der Waals surface area contributed by atoms with E-state index >= 15 is 0 Å². The fourth-order valence-electron chi connectivity index (χ4n) is 1.54. The van der Waals surface area contributed by atoms with Gasteiger partial charge in [-0.2, -0.15) is 0 Å². The minimum Gasteiger partial charge on any atom is -0.381 e. The summed E-state index contributed by atoms with van der Waals surface area (Å²) in [5.74, 6) is 0. The van der Waals surface area contributed by atoms with E-state index in [9.17, 15) is 0 Å². The Morgan fingerprint density at radius 3 is 2.07 bits per heavy atom. The summed E-state index contributed by atoms with van der Waals surface area (Å²) < 4.78 is 5.57. The fourth-order valence-corrected chi connectivity index (χ4v) is 1.54. The minimum absolute atomic E-state index is 0.957. The molecule has 0 fully saturated rings. The van der Waals surface area contributed by atoms with Gasteiger partial charge in [0.05, 0.1) is 0 Å². The first-order valence-corrected chi connectivity index (χ1v) is 6.70. The molecule has 15 heavy (non-hydrogen) atoms. The highest BCUT2D eigenvalue weighted by Crippen LogP contribution is 2.00. The van der Waals surface area contributed by atoms with E-state index in [-0.39, 0.29) is 0 Å². The molecule has 0 heterocycles. The summed E-state index contributed by atoms with van der Waals surface area (Å²) >= 11 is 0. The lowest BCUT2D eigenvalue weighted by molar-refractivity contribution is 0.126. The van der Waals surface area contributed by atoms with Crippen molar-refractivity contribution in [3.63, 3.8) is 0 Å². The normalized spacial score (nSPS) is 10.8. The molecule has 92 valence electrons. The van der Waals surface area contributed by atoms with Crippen molar-refractivity contribution in [2.45, 2.75) is 58.8 Å². The summed E-state index contributed by atoms with van der Waals surface area (Å²) in [6.45, 7) is 8.57. The molecule has 2 nitrogen and oxygen atoms in total. The molecule has 0 spiro atoms. The second-order valence-electron chi connectivity index (χ2n) is 4.09. The zero-order valence-electron chi connectivity index (χ0n) is 10.7. The van der Waals surface area contributed by atoms with Crippen LogP contribution in [0.15, 0.2) is 0 Å². The molecule has 0 saturated heterocycles. The van der Waals surface area contributed by atoms with Crippen LogP contribution in [0.2, 0.25) is 0 Å². The van der Waals surface area contributed by atoms with Gasteiger partial charge in [0, 0.05) is 13.2 Å². The zero-order chi connectivity index (χ0) is 11.2. The molecular weight excluding hydrogens is 186 g/mol. The highest BCUT2D eigenvalue weighted by Gasteiger charge is 1.91. The third kappa shape index (κ3) is 13.9. The van der Waals surface area contributed by atoms with Crippen molar-refractivity contribution in [1.82, 2.24) is 5.32 Å². The first-order chi connectivity index (χ1) is 7.41. The van der Waals surface area contributed by atoms with Crippen LogP contribution in [0.3, 0.4) is 0 Å². The smallest absolute Gasteiger partial charge is 0.0466 e. The fraction of sp³-hybridized carbons (Fsp3) is 1.00. The average molecular weight is 215 g/mol. The van der Waals surface area contributed by atoms with E-state index < -0.39 is 0 Å². The molecule has 0 rings (SSSR count). The van der Waals surface area contributed by atoms with E-state index in [0.717, 1.165) is 26.3 Å². The van der Waals surface area contributed by atoms with Crippen molar-refractivity contribution in [1.29, 1.82) is 0 Å². The average Bonchev–Trinajstić information content (AvgIpc) is 2.26. The summed E-state index contributed by atoms with van der Waals surface area (Å²) in [4.78, 5) is 0. The molecule has 0 saturated carbocycles. The van der Waals surface area contributed by atoms with Gasteiger partial charge in [-0.15, -0.1) is 0 Å². The van der Waals surface area contributed by atoms with Crippen LogP contribution in [-0.2, 0) is 4.74 Å². The zero-order valence-corrected chi connectivity index (χ0v) is 10.7. The van der Waals surface area contributed by atoms with Crippen LogP contribution >= 0.6 is 0 Å². The van der Waals surface area contributed by atoms with Crippen molar-refractivity contribution in [3.05, 3.63) is 0 Å². The maximum atomic E-state index is 5.57. The molecule has 1 N–H and O–H groups in total. The van der Waals surface area contributed by atoms with Crippen LogP contribution in [0.5, 0.6) is 0 Å². The summed E-state index contributed by atoms with van der Waals surface area (Å²) in [7, 11) is 0. The molecule has 0 amide bonds. The Bertz CT molecular complexity index is 94.7. The molecule has 0 radical (unpaired) electrons. The molecule has 0 aliphatic carbocycles. The highest BCUT2D eigenvalue weighted by atomic mass is 16.5. The molecule has 0 bridgehead atoms. The van der Waals surface area contributed by atoms with E-state index in [2.05, 4.69) is 19.2 Å². The number of hydrogen-bond donors (Lipinski definition) is 1. The molecule has 0 aliphatic heterocycles. The van der Waals surface area contributed by atoms with E-state index in [1.807, 2.05) is 0 Å². The predicted molar refractivity (Wildman–Crippen MR) is 67.4 cm³/mol. The monoisotopic (exact) mass is 215 g/mol. The van der Waals surface area contributed by atoms with Gasteiger partial charge in [0.2, 0.25) is 0 Å². The van der Waals surface area contributed by atoms with Crippen molar-refractivity contribution in [2.24, 2.45) is 0 Å². The van der Waals surface area contributed by atoms with Crippen molar-refractivity contribution in [3.8, 4) is 0 Å². The summed E-state index contributed by atoms with van der Waals surface area (Å²) in [5.41, 5.74) is 0. The van der Waals surface area contributed by atoms with Crippen LogP contribution in [0.25, 0.3) is 0 Å². The Hall–Kier alpha value is -0.0800.